The lowest BCUT2D eigenvalue weighted by Gasteiger charge is -2.33. The second kappa shape index (κ2) is 8.46. The summed E-state index contributed by atoms with van der Waals surface area (Å²) in [7, 11) is 0. The fourth-order valence-corrected chi connectivity index (χ4v) is 2.64. The summed E-state index contributed by atoms with van der Waals surface area (Å²) in [4.78, 5) is 39.3. The van der Waals surface area contributed by atoms with Crippen LogP contribution >= 0.6 is 0 Å². The summed E-state index contributed by atoms with van der Waals surface area (Å²) < 4.78 is 0. The van der Waals surface area contributed by atoms with Crippen LogP contribution in [0, 0.1) is 6.92 Å². The number of carbonyl (C=O) groups excluding carboxylic acids is 3. The molecule has 134 valence electrons. The smallest absolute Gasteiger partial charge is 0.312 e. The van der Waals surface area contributed by atoms with Gasteiger partial charge in [-0.3, -0.25) is 14.4 Å². The van der Waals surface area contributed by atoms with Gasteiger partial charge in [-0.25, -0.2) is 0 Å². The Hall–Kier alpha value is -2.63. The summed E-state index contributed by atoms with van der Waals surface area (Å²) in [5.41, 5.74) is 2.12. The van der Waals surface area contributed by atoms with Crippen LogP contribution in [0.5, 0.6) is 0 Å². The normalized spacial score (nSPS) is 14.9. The maximum absolute atomic E-state index is 12.3. The molecule has 0 aromatic heterocycles. The Balaban J connectivity index is 1.86. The van der Waals surface area contributed by atoms with E-state index in [-0.39, 0.29) is 11.9 Å². The number of piperazine rings is 1. The summed E-state index contributed by atoms with van der Waals surface area (Å²) in [6.07, 6.45) is 3.35. The van der Waals surface area contributed by atoms with Gasteiger partial charge in [0.1, 0.15) is 0 Å². The third kappa shape index (κ3) is 5.45. The van der Waals surface area contributed by atoms with Gasteiger partial charge in [0.15, 0.2) is 0 Å². The standard InChI is InChI=1S/C19H25N3O3/c1-14(2)20-18(24)19(25)22-11-9-21(10-12-22)17(23)8-7-16-6-4-5-15(3)13-16/h4-8,13-14H,9-12H2,1-3H3,(H,20,24)/b8-7+. The van der Waals surface area contributed by atoms with E-state index in [1.807, 2.05) is 45.0 Å². The van der Waals surface area contributed by atoms with Crippen LogP contribution in [0.25, 0.3) is 6.08 Å². The van der Waals surface area contributed by atoms with Crippen LogP contribution < -0.4 is 5.32 Å². The van der Waals surface area contributed by atoms with Gasteiger partial charge in [0.25, 0.3) is 0 Å². The van der Waals surface area contributed by atoms with Gasteiger partial charge in [0.2, 0.25) is 5.91 Å². The molecule has 1 aromatic rings. The number of nitrogens with one attached hydrogen (secondary N) is 1. The van der Waals surface area contributed by atoms with Crippen molar-refractivity contribution in [3.05, 3.63) is 41.5 Å². The zero-order valence-corrected chi connectivity index (χ0v) is 15.0. The number of benzene rings is 1. The fraction of sp³-hybridized carbons (Fsp3) is 0.421. The number of hydrogen-bond acceptors (Lipinski definition) is 3. The molecule has 0 atom stereocenters. The van der Waals surface area contributed by atoms with Gasteiger partial charge in [-0.2, -0.15) is 0 Å². The van der Waals surface area contributed by atoms with Crippen LogP contribution in [0.2, 0.25) is 0 Å². The summed E-state index contributed by atoms with van der Waals surface area (Å²) in [5.74, 6) is -1.20. The Bertz CT molecular complexity index is 674. The van der Waals surface area contributed by atoms with E-state index >= 15 is 0 Å². The van der Waals surface area contributed by atoms with Crippen molar-refractivity contribution < 1.29 is 14.4 Å². The van der Waals surface area contributed by atoms with Crippen molar-refractivity contribution in [2.45, 2.75) is 26.8 Å². The molecule has 1 aliphatic heterocycles. The Kier molecular flexibility index (Phi) is 6.33. The number of nitrogens with zero attached hydrogens (tertiary/aromatic N) is 2. The van der Waals surface area contributed by atoms with Gasteiger partial charge < -0.3 is 15.1 Å². The molecule has 1 heterocycles. The maximum Gasteiger partial charge on any atom is 0.312 e. The van der Waals surface area contributed by atoms with Crippen LogP contribution in [-0.2, 0) is 14.4 Å². The third-order valence-electron chi connectivity index (χ3n) is 3.95. The summed E-state index contributed by atoms with van der Waals surface area (Å²) >= 11 is 0. The molecule has 0 bridgehead atoms. The van der Waals surface area contributed by atoms with Crippen molar-refractivity contribution in [3.63, 3.8) is 0 Å². The Morgan fingerprint density at radius 3 is 2.32 bits per heavy atom. The van der Waals surface area contributed by atoms with Crippen molar-refractivity contribution in [3.8, 4) is 0 Å². The van der Waals surface area contributed by atoms with Gasteiger partial charge in [0.05, 0.1) is 0 Å². The first-order valence-corrected chi connectivity index (χ1v) is 8.50. The highest BCUT2D eigenvalue weighted by atomic mass is 16.2. The third-order valence-corrected chi connectivity index (χ3v) is 3.95. The lowest BCUT2D eigenvalue weighted by molar-refractivity contribution is -0.148. The highest BCUT2D eigenvalue weighted by Crippen LogP contribution is 2.08. The predicted molar refractivity (Wildman–Crippen MR) is 96.7 cm³/mol. The van der Waals surface area contributed by atoms with Crippen LogP contribution in [0.3, 0.4) is 0 Å². The minimum Gasteiger partial charge on any atom is -0.346 e. The van der Waals surface area contributed by atoms with E-state index in [1.165, 1.54) is 4.90 Å². The van der Waals surface area contributed by atoms with E-state index in [1.54, 1.807) is 17.1 Å². The molecule has 0 radical (unpaired) electrons. The Labute approximate surface area is 148 Å². The topological polar surface area (TPSA) is 69.7 Å². The first-order valence-electron chi connectivity index (χ1n) is 8.50. The Morgan fingerprint density at radius 2 is 1.72 bits per heavy atom. The van der Waals surface area contributed by atoms with Gasteiger partial charge in [0, 0.05) is 38.3 Å². The van der Waals surface area contributed by atoms with Crippen LogP contribution in [0.1, 0.15) is 25.0 Å². The average Bonchev–Trinajstić information content (AvgIpc) is 2.58. The molecule has 0 saturated carbocycles. The second-order valence-corrected chi connectivity index (χ2v) is 6.49. The van der Waals surface area contributed by atoms with Crippen LogP contribution in [-0.4, -0.2) is 59.7 Å². The molecule has 0 aliphatic carbocycles. The van der Waals surface area contributed by atoms with E-state index in [4.69, 9.17) is 0 Å². The molecule has 0 unspecified atom stereocenters. The van der Waals surface area contributed by atoms with Gasteiger partial charge in [-0.1, -0.05) is 29.8 Å². The van der Waals surface area contributed by atoms with E-state index < -0.39 is 11.8 Å². The zero-order valence-electron chi connectivity index (χ0n) is 15.0. The van der Waals surface area contributed by atoms with Crippen molar-refractivity contribution in [2.24, 2.45) is 0 Å². The molecular formula is C19H25N3O3. The highest BCUT2D eigenvalue weighted by Gasteiger charge is 2.27. The molecule has 0 spiro atoms. The molecule has 6 heteroatoms. The Morgan fingerprint density at radius 1 is 1.08 bits per heavy atom. The molecule has 1 aromatic carbocycles. The molecular weight excluding hydrogens is 318 g/mol. The summed E-state index contributed by atoms with van der Waals surface area (Å²) in [6, 6.07) is 7.83. The van der Waals surface area contributed by atoms with E-state index in [9.17, 15) is 14.4 Å². The minimum atomic E-state index is -0.589. The molecule has 6 nitrogen and oxygen atoms in total. The minimum absolute atomic E-state index is 0.0777. The van der Waals surface area contributed by atoms with Gasteiger partial charge >= 0.3 is 11.8 Å². The quantitative estimate of drug-likeness (QED) is 0.662. The van der Waals surface area contributed by atoms with Crippen molar-refractivity contribution in [1.29, 1.82) is 0 Å². The SMILES string of the molecule is Cc1cccc(/C=C/C(=O)N2CCN(C(=O)C(=O)NC(C)C)CC2)c1. The largest absolute Gasteiger partial charge is 0.346 e. The van der Waals surface area contributed by atoms with Crippen molar-refractivity contribution >= 4 is 23.8 Å². The highest BCUT2D eigenvalue weighted by molar-refractivity contribution is 6.35. The molecule has 1 fully saturated rings. The first-order chi connectivity index (χ1) is 11.9. The molecule has 2 rings (SSSR count). The summed E-state index contributed by atoms with van der Waals surface area (Å²) in [6.45, 7) is 7.22. The van der Waals surface area contributed by atoms with Gasteiger partial charge in [-0.05, 0) is 32.4 Å². The number of hydrogen-bond donors (Lipinski definition) is 1. The molecule has 1 aliphatic rings. The lowest BCUT2D eigenvalue weighted by atomic mass is 10.1. The van der Waals surface area contributed by atoms with E-state index in [0.29, 0.717) is 26.2 Å². The van der Waals surface area contributed by atoms with Crippen molar-refractivity contribution in [2.75, 3.05) is 26.2 Å². The fourth-order valence-electron chi connectivity index (χ4n) is 2.64. The number of aryl methyl sites for hydroxylation is 1. The predicted octanol–water partition coefficient (Wildman–Crippen LogP) is 1.20. The molecule has 1 saturated heterocycles. The van der Waals surface area contributed by atoms with E-state index in [0.717, 1.165) is 11.1 Å². The molecule has 25 heavy (non-hydrogen) atoms. The van der Waals surface area contributed by atoms with Crippen LogP contribution in [0.15, 0.2) is 30.3 Å². The lowest BCUT2D eigenvalue weighted by Crippen LogP contribution is -2.54. The van der Waals surface area contributed by atoms with E-state index in [2.05, 4.69) is 5.32 Å². The zero-order chi connectivity index (χ0) is 18.4. The van der Waals surface area contributed by atoms with Crippen molar-refractivity contribution in [1.82, 2.24) is 15.1 Å². The second-order valence-electron chi connectivity index (χ2n) is 6.49. The molecule has 1 N–H and O–H groups in total. The first kappa shape index (κ1) is 18.7. The number of rotatable bonds is 3. The average molecular weight is 343 g/mol. The summed E-state index contributed by atoms with van der Waals surface area (Å²) in [5, 5.41) is 2.59. The monoisotopic (exact) mass is 343 g/mol. The van der Waals surface area contributed by atoms with Crippen LogP contribution in [0.4, 0.5) is 0 Å². The number of carbonyl (C=O) groups is 3. The molecule has 3 amide bonds. The maximum atomic E-state index is 12.3. The van der Waals surface area contributed by atoms with Gasteiger partial charge in [-0.15, -0.1) is 0 Å². The number of amides is 3.